The molecule has 44 heavy (non-hydrogen) atoms. The summed E-state index contributed by atoms with van der Waals surface area (Å²) < 4.78 is 6.08. The van der Waals surface area contributed by atoms with Gasteiger partial charge in [-0.25, -0.2) is 0 Å². The van der Waals surface area contributed by atoms with E-state index in [2.05, 4.69) is 38.3 Å². The summed E-state index contributed by atoms with van der Waals surface area (Å²) in [6.45, 7) is 3.84. The van der Waals surface area contributed by atoms with Gasteiger partial charge in [-0.15, -0.1) is 0 Å². The van der Waals surface area contributed by atoms with Crippen LogP contribution < -0.4 is 19.9 Å². The summed E-state index contributed by atoms with van der Waals surface area (Å²) in [6, 6.07) is 33.4. The summed E-state index contributed by atoms with van der Waals surface area (Å²) in [4.78, 5) is 21.4. The highest BCUT2D eigenvalue weighted by Gasteiger charge is 2.39. The second-order valence-electron chi connectivity index (χ2n) is 10.9. The van der Waals surface area contributed by atoms with Crippen molar-refractivity contribution in [3.05, 3.63) is 153 Å². The summed E-state index contributed by atoms with van der Waals surface area (Å²) in [5.74, 6) is 0.214. The molecule has 1 N–H and O–H groups in total. The molecule has 1 aromatic heterocycles. The Balaban J connectivity index is 1.12. The van der Waals surface area contributed by atoms with E-state index in [1.165, 1.54) is 0 Å². The number of ether oxygens (including phenoxy) is 1. The third-order valence-electron chi connectivity index (χ3n) is 8.33. The molecule has 2 aliphatic heterocycles. The Morgan fingerprint density at radius 2 is 1.61 bits per heavy atom. The van der Waals surface area contributed by atoms with Crippen LogP contribution in [0.5, 0.6) is 5.75 Å². The standard InChI is InChI=1S/C35H30ClN5O3/c36-26-12-15-28-30(22-26)37-17-16-31(28)40-20-18-39(19-21-40)27-13-10-25(11-14-27)33-29-8-4-5-9-32(29)44-35(34(33)41(42)43)38-23-24-6-2-1-3-7-24/h1-17,22,33,38H,18-21,23H2. The van der Waals surface area contributed by atoms with Crippen LogP contribution in [-0.2, 0) is 6.54 Å². The number of nitro groups is 1. The van der Waals surface area contributed by atoms with Crippen molar-refractivity contribution in [2.75, 3.05) is 36.0 Å². The Hall–Kier alpha value is -5.08. The molecule has 5 aromatic rings. The number of anilines is 2. The molecule has 220 valence electrons. The van der Waals surface area contributed by atoms with Crippen molar-refractivity contribution in [2.24, 2.45) is 0 Å². The molecule has 0 amide bonds. The van der Waals surface area contributed by atoms with E-state index in [4.69, 9.17) is 16.3 Å². The highest BCUT2D eigenvalue weighted by atomic mass is 35.5. The van der Waals surface area contributed by atoms with Crippen LogP contribution in [0.1, 0.15) is 22.6 Å². The molecular weight excluding hydrogens is 574 g/mol. The third kappa shape index (κ3) is 5.40. The zero-order valence-electron chi connectivity index (χ0n) is 23.9. The van der Waals surface area contributed by atoms with Gasteiger partial charge in [-0.3, -0.25) is 15.1 Å². The lowest BCUT2D eigenvalue weighted by atomic mass is 9.86. The predicted molar refractivity (Wildman–Crippen MR) is 174 cm³/mol. The largest absolute Gasteiger partial charge is 0.435 e. The molecule has 2 aliphatic rings. The van der Waals surface area contributed by atoms with Gasteiger partial charge >= 0.3 is 5.70 Å². The molecule has 7 rings (SSSR count). The van der Waals surface area contributed by atoms with Crippen LogP contribution in [0.3, 0.4) is 0 Å². The number of fused-ring (bicyclic) bond motifs is 2. The van der Waals surface area contributed by atoms with E-state index in [9.17, 15) is 10.1 Å². The maximum absolute atomic E-state index is 12.5. The quantitative estimate of drug-likeness (QED) is 0.159. The summed E-state index contributed by atoms with van der Waals surface area (Å²) in [5, 5.41) is 17.5. The minimum Gasteiger partial charge on any atom is -0.435 e. The maximum atomic E-state index is 12.5. The normalized spacial score (nSPS) is 16.4. The topological polar surface area (TPSA) is 83.8 Å². The summed E-state index contributed by atoms with van der Waals surface area (Å²) in [7, 11) is 0. The van der Waals surface area contributed by atoms with Crippen molar-refractivity contribution in [3.63, 3.8) is 0 Å². The lowest BCUT2D eigenvalue weighted by Crippen LogP contribution is -2.46. The first kappa shape index (κ1) is 27.7. The van der Waals surface area contributed by atoms with Crippen molar-refractivity contribution in [1.29, 1.82) is 0 Å². The average Bonchev–Trinajstić information content (AvgIpc) is 3.07. The molecule has 0 aliphatic carbocycles. The number of halogens is 1. The van der Waals surface area contributed by atoms with Crippen molar-refractivity contribution < 1.29 is 9.66 Å². The van der Waals surface area contributed by atoms with E-state index in [-0.39, 0.29) is 16.5 Å². The SMILES string of the molecule is O=[N+]([O-])C1=C(NCc2ccccc2)Oc2ccccc2C1c1ccc(N2CCN(c3ccnc4cc(Cl)ccc34)CC2)cc1. The third-order valence-corrected chi connectivity index (χ3v) is 8.57. The van der Waals surface area contributed by atoms with Gasteiger partial charge in [-0.2, -0.15) is 0 Å². The molecule has 4 aromatic carbocycles. The average molecular weight is 604 g/mol. The number of allylic oxidation sites excluding steroid dienone is 1. The van der Waals surface area contributed by atoms with E-state index in [1.54, 1.807) is 0 Å². The molecule has 0 saturated carbocycles. The second-order valence-corrected chi connectivity index (χ2v) is 11.4. The molecule has 1 unspecified atom stereocenters. The first-order chi connectivity index (χ1) is 21.5. The van der Waals surface area contributed by atoms with E-state index >= 15 is 0 Å². The number of nitrogens with zero attached hydrogens (tertiary/aromatic N) is 4. The van der Waals surface area contributed by atoms with Crippen LogP contribution in [-0.4, -0.2) is 36.1 Å². The van der Waals surface area contributed by atoms with Crippen LogP contribution in [0.2, 0.25) is 5.02 Å². The van der Waals surface area contributed by atoms with Crippen molar-refractivity contribution >= 4 is 33.9 Å². The van der Waals surface area contributed by atoms with Gasteiger partial charge in [-0.1, -0.05) is 72.3 Å². The lowest BCUT2D eigenvalue weighted by Gasteiger charge is -2.38. The zero-order valence-corrected chi connectivity index (χ0v) is 24.7. The smallest absolute Gasteiger partial charge is 0.317 e. The fourth-order valence-electron chi connectivity index (χ4n) is 6.15. The minimum atomic E-state index is -0.576. The number of hydrogen-bond donors (Lipinski definition) is 1. The Labute approximate surface area is 260 Å². The first-order valence-corrected chi connectivity index (χ1v) is 15.0. The Morgan fingerprint density at radius 1 is 0.886 bits per heavy atom. The molecule has 0 spiro atoms. The number of hydrogen-bond acceptors (Lipinski definition) is 7. The summed E-state index contributed by atoms with van der Waals surface area (Å²) in [6.07, 6.45) is 1.84. The van der Waals surface area contributed by atoms with Crippen LogP contribution in [0.25, 0.3) is 10.9 Å². The minimum absolute atomic E-state index is 0.00635. The Bertz CT molecular complexity index is 1850. The molecule has 3 heterocycles. The van der Waals surface area contributed by atoms with E-state index in [0.29, 0.717) is 17.3 Å². The number of para-hydroxylation sites is 1. The molecule has 0 radical (unpaired) electrons. The fourth-order valence-corrected chi connectivity index (χ4v) is 6.31. The maximum Gasteiger partial charge on any atom is 0.317 e. The highest BCUT2D eigenvalue weighted by molar-refractivity contribution is 6.31. The van der Waals surface area contributed by atoms with Crippen LogP contribution in [0.4, 0.5) is 11.4 Å². The molecule has 8 nitrogen and oxygen atoms in total. The lowest BCUT2D eigenvalue weighted by molar-refractivity contribution is -0.433. The molecule has 9 heteroatoms. The first-order valence-electron chi connectivity index (χ1n) is 14.6. The second kappa shape index (κ2) is 11.9. The van der Waals surface area contributed by atoms with Gasteiger partial charge < -0.3 is 19.9 Å². The molecule has 1 saturated heterocycles. The van der Waals surface area contributed by atoms with E-state index < -0.39 is 5.92 Å². The highest BCUT2D eigenvalue weighted by Crippen LogP contribution is 2.43. The van der Waals surface area contributed by atoms with Crippen molar-refractivity contribution in [2.45, 2.75) is 12.5 Å². The number of nitrogens with one attached hydrogen (secondary N) is 1. The predicted octanol–water partition coefficient (Wildman–Crippen LogP) is 6.97. The zero-order chi connectivity index (χ0) is 30.0. The van der Waals surface area contributed by atoms with Crippen LogP contribution in [0.15, 0.2) is 121 Å². The fraction of sp³-hybridized carbons (Fsp3) is 0.171. The summed E-state index contributed by atoms with van der Waals surface area (Å²) >= 11 is 6.19. The molecule has 1 fully saturated rings. The molecular formula is C35H30ClN5O3. The van der Waals surface area contributed by atoms with Gasteiger partial charge in [0, 0.05) is 66.3 Å². The van der Waals surface area contributed by atoms with Crippen LogP contribution >= 0.6 is 11.6 Å². The van der Waals surface area contributed by atoms with Crippen molar-refractivity contribution in [1.82, 2.24) is 10.3 Å². The number of piperazine rings is 1. The van der Waals surface area contributed by atoms with E-state index in [1.807, 2.05) is 91.1 Å². The van der Waals surface area contributed by atoms with Gasteiger partial charge in [0.15, 0.2) is 0 Å². The number of pyridine rings is 1. The van der Waals surface area contributed by atoms with Gasteiger partial charge in [0.05, 0.1) is 10.4 Å². The van der Waals surface area contributed by atoms with Gasteiger partial charge in [0.1, 0.15) is 11.7 Å². The molecule has 0 bridgehead atoms. The van der Waals surface area contributed by atoms with Gasteiger partial charge in [0.25, 0.3) is 5.88 Å². The Morgan fingerprint density at radius 3 is 2.39 bits per heavy atom. The van der Waals surface area contributed by atoms with Crippen molar-refractivity contribution in [3.8, 4) is 5.75 Å². The molecule has 1 atom stereocenters. The van der Waals surface area contributed by atoms with Crippen LogP contribution in [0, 0.1) is 10.1 Å². The number of benzene rings is 4. The number of aromatic nitrogens is 1. The van der Waals surface area contributed by atoms with Gasteiger partial charge in [-0.05, 0) is 53.6 Å². The number of rotatable bonds is 7. The Kier molecular flexibility index (Phi) is 7.50. The van der Waals surface area contributed by atoms with E-state index in [0.717, 1.165) is 65.1 Å². The van der Waals surface area contributed by atoms with Gasteiger partial charge in [0.2, 0.25) is 0 Å². The summed E-state index contributed by atoms with van der Waals surface area (Å²) in [5.41, 5.74) is 5.78. The monoisotopic (exact) mass is 603 g/mol.